The number of rotatable bonds is 4. The molecule has 3 rings (SSSR count). The van der Waals surface area contributed by atoms with Crippen molar-refractivity contribution in [3.05, 3.63) is 47.5 Å². The summed E-state index contributed by atoms with van der Waals surface area (Å²) in [5, 5.41) is 32.4. The molecule has 4 N–H and O–H groups in total. The normalized spacial score (nSPS) is 11.6. The molecule has 0 aliphatic heterocycles. The Morgan fingerprint density at radius 2 is 1.69 bits per heavy atom. The molecule has 29 heavy (non-hydrogen) atoms. The van der Waals surface area contributed by atoms with Crippen LogP contribution < -0.4 is 5.32 Å². The molecule has 0 fully saturated rings. The maximum Gasteiger partial charge on any atom is 0.294 e. The standard InChI is InChI=1S/C19H19N3O5S.Cu/c1-10-4-5-14(16(23)6-10)21-22-18-11(2)7-12-8-13(28(25,26)27)9-15(20-3)17(12)19(18)24;/h4-9,20,23-24H,1-3H3,(H,25,26,27);. The van der Waals surface area contributed by atoms with Crippen molar-refractivity contribution < 1.29 is 40.3 Å². The van der Waals surface area contributed by atoms with E-state index in [0.717, 1.165) is 5.56 Å². The van der Waals surface area contributed by atoms with Gasteiger partial charge in [0.1, 0.15) is 17.1 Å². The number of hydrogen-bond donors (Lipinski definition) is 4. The van der Waals surface area contributed by atoms with E-state index in [9.17, 15) is 23.2 Å². The van der Waals surface area contributed by atoms with E-state index in [1.165, 1.54) is 12.1 Å². The molecule has 3 aromatic rings. The number of anilines is 1. The molecule has 157 valence electrons. The van der Waals surface area contributed by atoms with Crippen molar-refractivity contribution in [3.63, 3.8) is 0 Å². The topological polar surface area (TPSA) is 132 Å². The second-order valence-corrected chi connectivity index (χ2v) is 7.80. The van der Waals surface area contributed by atoms with E-state index < -0.39 is 10.1 Å². The molecule has 0 saturated carbocycles. The van der Waals surface area contributed by atoms with Crippen molar-refractivity contribution in [2.45, 2.75) is 18.7 Å². The summed E-state index contributed by atoms with van der Waals surface area (Å²) in [6, 6.07) is 9.06. The van der Waals surface area contributed by atoms with Crippen LogP contribution in [0.5, 0.6) is 11.5 Å². The van der Waals surface area contributed by atoms with Crippen molar-refractivity contribution in [2.24, 2.45) is 10.2 Å². The summed E-state index contributed by atoms with van der Waals surface area (Å²) in [4.78, 5) is -0.290. The smallest absolute Gasteiger partial charge is 0.294 e. The molecule has 0 aliphatic rings. The fraction of sp³-hybridized carbons (Fsp3) is 0.158. The van der Waals surface area contributed by atoms with Crippen LogP contribution >= 0.6 is 0 Å². The summed E-state index contributed by atoms with van der Waals surface area (Å²) in [7, 11) is -2.85. The molecular formula is C19H19CuN3O5S. The molecule has 0 spiro atoms. The van der Waals surface area contributed by atoms with Crippen LogP contribution in [-0.4, -0.2) is 30.2 Å². The SMILES string of the molecule is CNc1cc(S(=O)(=O)O)cc2cc(C)c(N=Nc3ccc(C)cc3O)c(O)c12.[Cu]. The predicted octanol–water partition coefficient (Wildman–Crippen LogP) is 4.57. The summed E-state index contributed by atoms with van der Waals surface area (Å²) < 4.78 is 32.4. The summed E-state index contributed by atoms with van der Waals surface area (Å²) in [6.45, 7) is 3.52. The third kappa shape index (κ3) is 4.51. The van der Waals surface area contributed by atoms with Gasteiger partial charge in [0.05, 0.1) is 4.90 Å². The number of nitrogens with zero attached hydrogens (tertiary/aromatic N) is 2. The van der Waals surface area contributed by atoms with Gasteiger partial charge < -0.3 is 15.5 Å². The van der Waals surface area contributed by atoms with Crippen molar-refractivity contribution in [2.75, 3.05) is 12.4 Å². The van der Waals surface area contributed by atoms with Gasteiger partial charge in [0.15, 0.2) is 5.75 Å². The molecule has 0 heterocycles. The van der Waals surface area contributed by atoms with E-state index >= 15 is 0 Å². The first-order chi connectivity index (χ1) is 13.1. The van der Waals surface area contributed by atoms with Gasteiger partial charge in [-0.1, -0.05) is 6.07 Å². The molecule has 1 radical (unpaired) electrons. The van der Waals surface area contributed by atoms with Crippen molar-refractivity contribution in [1.82, 2.24) is 0 Å². The Kier molecular flexibility index (Phi) is 6.54. The number of aromatic hydroxyl groups is 2. The van der Waals surface area contributed by atoms with Crippen LogP contribution in [0.15, 0.2) is 51.5 Å². The minimum Gasteiger partial charge on any atom is -0.506 e. The van der Waals surface area contributed by atoms with Crippen LogP contribution in [0.25, 0.3) is 10.8 Å². The number of benzene rings is 3. The zero-order valence-electron chi connectivity index (χ0n) is 15.7. The average molecular weight is 465 g/mol. The Labute approximate surface area is 178 Å². The van der Waals surface area contributed by atoms with Crippen molar-refractivity contribution in [3.8, 4) is 11.5 Å². The van der Waals surface area contributed by atoms with Crippen LogP contribution in [0.1, 0.15) is 11.1 Å². The second-order valence-electron chi connectivity index (χ2n) is 6.38. The Hall–Kier alpha value is -2.65. The molecule has 0 bridgehead atoms. The third-order valence-corrected chi connectivity index (χ3v) is 5.14. The monoisotopic (exact) mass is 464 g/mol. The zero-order valence-corrected chi connectivity index (χ0v) is 17.5. The second kappa shape index (κ2) is 8.38. The van der Waals surface area contributed by atoms with Gasteiger partial charge >= 0.3 is 0 Å². The summed E-state index contributed by atoms with van der Waals surface area (Å²) in [5.74, 6) is -0.230. The van der Waals surface area contributed by atoms with Gasteiger partial charge in [-0.05, 0) is 60.7 Å². The predicted molar refractivity (Wildman–Crippen MR) is 107 cm³/mol. The number of hydrogen-bond acceptors (Lipinski definition) is 7. The van der Waals surface area contributed by atoms with Crippen molar-refractivity contribution >= 4 is 38.0 Å². The quantitative estimate of drug-likeness (QED) is 0.254. The van der Waals surface area contributed by atoms with Gasteiger partial charge in [-0.25, -0.2) is 0 Å². The number of phenolic OH excluding ortho intramolecular Hbond substituents is 2. The largest absolute Gasteiger partial charge is 0.506 e. The molecule has 8 nitrogen and oxygen atoms in total. The Morgan fingerprint density at radius 1 is 1.00 bits per heavy atom. The molecule has 0 aromatic heterocycles. The minimum absolute atomic E-state index is 0. The number of azo groups is 1. The average Bonchev–Trinajstić information content (AvgIpc) is 2.61. The van der Waals surface area contributed by atoms with Crippen LogP contribution in [-0.2, 0) is 27.2 Å². The summed E-state index contributed by atoms with van der Waals surface area (Å²) in [5.41, 5.74) is 2.14. The van der Waals surface area contributed by atoms with Gasteiger partial charge in [-0.15, -0.1) is 10.2 Å². The van der Waals surface area contributed by atoms with Gasteiger partial charge in [0.2, 0.25) is 0 Å². The van der Waals surface area contributed by atoms with E-state index in [0.29, 0.717) is 22.0 Å². The van der Waals surface area contributed by atoms with Gasteiger partial charge in [-0.3, -0.25) is 4.55 Å². The van der Waals surface area contributed by atoms with E-state index in [1.807, 2.05) is 6.92 Å². The fourth-order valence-electron chi connectivity index (χ4n) is 2.92. The summed E-state index contributed by atoms with van der Waals surface area (Å²) >= 11 is 0. The first-order valence-corrected chi connectivity index (χ1v) is 9.72. The molecule has 3 aromatic carbocycles. The maximum atomic E-state index is 11.5. The van der Waals surface area contributed by atoms with Crippen LogP contribution in [0, 0.1) is 13.8 Å². The van der Waals surface area contributed by atoms with E-state index in [-0.39, 0.29) is 44.8 Å². The van der Waals surface area contributed by atoms with E-state index in [2.05, 4.69) is 15.5 Å². The van der Waals surface area contributed by atoms with Crippen LogP contribution in [0.4, 0.5) is 17.1 Å². The number of nitrogens with one attached hydrogen (secondary N) is 1. The van der Waals surface area contributed by atoms with E-state index in [4.69, 9.17) is 0 Å². The van der Waals surface area contributed by atoms with Gasteiger partial charge in [0.25, 0.3) is 10.1 Å². The molecule has 0 atom stereocenters. The first kappa shape index (κ1) is 22.6. The molecular weight excluding hydrogens is 446 g/mol. The molecule has 10 heteroatoms. The Balaban J connectivity index is 0.00000300. The molecule has 0 unspecified atom stereocenters. The fourth-order valence-corrected chi connectivity index (χ4v) is 3.46. The van der Waals surface area contributed by atoms with Crippen LogP contribution in [0.3, 0.4) is 0 Å². The molecule has 0 saturated heterocycles. The van der Waals surface area contributed by atoms with Gasteiger partial charge in [-0.2, -0.15) is 8.42 Å². The third-order valence-electron chi connectivity index (χ3n) is 4.30. The Bertz CT molecular complexity index is 1230. The molecule has 0 aliphatic carbocycles. The van der Waals surface area contributed by atoms with Crippen molar-refractivity contribution in [1.29, 1.82) is 0 Å². The Morgan fingerprint density at radius 3 is 2.28 bits per heavy atom. The molecule has 0 amide bonds. The maximum absolute atomic E-state index is 11.5. The number of aryl methyl sites for hydroxylation is 2. The summed E-state index contributed by atoms with van der Waals surface area (Å²) in [6.07, 6.45) is 0. The minimum atomic E-state index is -4.41. The number of phenols is 2. The first-order valence-electron chi connectivity index (χ1n) is 8.28. The van der Waals surface area contributed by atoms with E-state index in [1.54, 1.807) is 38.2 Å². The zero-order chi connectivity index (χ0) is 20.6. The van der Waals surface area contributed by atoms with Gasteiger partial charge in [0, 0.05) is 35.2 Å². The van der Waals surface area contributed by atoms with Crippen LogP contribution in [0.2, 0.25) is 0 Å². The number of fused-ring (bicyclic) bond motifs is 1.